The summed E-state index contributed by atoms with van der Waals surface area (Å²) in [5, 5.41) is 0. The monoisotopic (exact) mass is 281 g/mol. The Kier molecular flexibility index (Phi) is 2.06. The van der Waals surface area contributed by atoms with E-state index in [1.807, 2.05) is 0 Å². The Morgan fingerprint density at radius 3 is 2.14 bits per heavy atom. The van der Waals surface area contributed by atoms with Gasteiger partial charge in [-0.05, 0) is 73.2 Å². The van der Waals surface area contributed by atoms with Crippen LogP contribution in [0.1, 0.15) is 50.5 Å². The Bertz CT molecular complexity index is 598. The molecule has 110 valence electrons. The molecule has 5 aliphatic carbocycles. The Morgan fingerprint density at radius 1 is 1.00 bits per heavy atom. The molecule has 5 saturated carbocycles. The first-order chi connectivity index (χ1) is 10.1. The summed E-state index contributed by atoms with van der Waals surface area (Å²) >= 11 is 0. The zero-order chi connectivity index (χ0) is 14.3. The van der Waals surface area contributed by atoms with Crippen molar-refractivity contribution >= 4 is 5.91 Å². The van der Waals surface area contributed by atoms with Gasteiger partial charge in [-0.2, -0.15) is 0 Å². The molecule has 0 heterocycles. The number of carbonyl (C=O) groups is 1. The lowest BCUT2D eigenvalue weighted by atomic mass is 9.39. The summed E-state index contributed by atoms with van der Waals surface area (Å²) in [6.07, 6.45) is 8.55. The van der Waals surface area contributed by atoms with Crippen LogP contribution in [-0.4, -0.2) is 5.91 Å². The van der Waals surface area contributed by atoms with Gasteiger partial charge in [0.15, 0.2) is 0 Å². The molecule has 2 unspecified atom stereocenters. The van der Waals surface area contributed by atoms with Crippen LogP contribution < -0.4 is 5.73 Å². The summed E-state index contributed by atoms with van der Waals surface area (Å²) in [6.45, 7) is 0. The molecule has 0 aliphatic heterocycles. The largest absolute Gasteiger partial charge is 0.369 e. The summed E-state index contributed by atoms with van der Waals surface area (Å²) in [5.41, 5.74) is 8.00. The van der Waals surface area contributed by atoms with E-state index < -0.39 is 0 Å². The van der Waals surface area contributed by atoms with Crippen LogP contribution in [0.15, 0.2) is 30.3 Å². The molecule has 2 nitrogen and oxygen atoms in total. The van der Waals surface area contributed by atoms with Crippen molar-refractivity contribution in [1.29, 1.82) is 0 Å². The molecule has 2 heteroatoms. The van der Waals surface area contributed by atoms with Crippen LogP contribution in [-0.2, 0) is 10.2 Å². The number of nitrogens with two attached hydrogens (primary N) is 1. The molecule has 1 amide bonds. The van der Waals surface area contributed by atoms with Crippen molar-refractivity contribution in [2.45, 2.75) is 50.4 Å². The highest BCUT2D eigenvalue weighted by atomic mass is 16.1. The molecule has 4 bridgehead atoms. The number of carbonyl (C=O) groups excluding carboxylic acids is 1. The van der Waals surface area contributed by atoms with Gasteiger partial charge in [-0.1, -0.05) is 30.3 Å². The molecule has 1 spiro atoms. The number of amides is 1. The highest BCUT2D eigenvalue weighted by Crippen LogP contribution is 2.77. The van der Waals surface area contributed by atoms with Crippen LogP contribution >= 0.6 is 0 Å². The SMILES string of the molecule is NC(=O)C12CC3CC(c4ccccc4)(CC(C1)C31CC1)C2. The second-order valence-corrected chi connectivity index (χ2v) is 8.41. The van der Waals surface area contributed by atoms with Gasteiger partial charge in [0.2, 0.25) is 5.91 Å². The molecule has 2 atom stereocenters. The van der Waals surface area contributed by atoms with Crippen LogP contribution in [0.2, 0.25) is 0 Å². The molecule has 5 fully saturated rings. The van der Waals surface area contributed by atoms with E-state index in [9.17, 15) is 4.79 Å². The zero-order valence-electron chi connectivity index (χ0n) is 12.5. The maximum Gasteiger partial charge on any atom is 0.223 e. The van der Waals surface area contributed by atoms with Crippen LogP contribution in [0.4, 0.5) is 0 Å². The van der Waals surface area contributed by atoms with E-state index in [0.29, 0.717) is 5.41 Å². The number of rotatable bonds is 2. The summed E-state index contributed by atoms with van der Waals surface area (Å²) in [7, 11) is 0. The predicted octanol–water partition coefficient (Wildman–Crippen LogP) is 3.40. The molecule has 1 aromatic rings. The fourth-order valence-corrected chi connectivity index (χ4v) is 6.66. The highest BCUT2D eigenvalue weighted by molar-refractivity contribution is 5.82. The van der Waals surface area contributed by atoms with Crippen molar-refractivity contribution in [2.75, 3.05) is 0 Å². The maximum atomic E-state index is 12.3. The normalized spacial score (nSPS) is 45.0. The number of primary amides is 1. The topological polar surface area (TPSA) is 43.1 Å². The fourth-order valence-electron chi connectivity index (χ4n) is 6.66. The fraction of sp³-hybridized carbons (Fsp3) is 0.632. The lowest BCUT2D eigenvalue weighted by molar-refractivity contribution is -0.158. The van der Waals surface area contributed by atoms with Gasteiger partial charge in [-0.25, -0.2) is 0 Å². The second kappa shape index (κ2) is 3.53. The molecule has 0 saturated heterocycles. The number of hydrogen-bond donors (Lipinski definition) is 1. The Morgan fingerprint density at radius 2 is 1.62 bits per heavy atom. The van der Waals surface area contributed by atoms with E-state index in [2.05, 4.69) is 30.3 Å². The third kappa shape index (κ3) is 1.37. The standard InChI is InChI=1S/C19H23NO/c20-16(21)18-10-14-8-17(12-18,13-4-2-1-3-5-13)9-15(11-18)19(14)6-7-19/h1-5,14-15H,6-12H2,(H2,20,21). The Labute approximate surface area is 126 Å². The average molecular weight is 281 g/mol. The van der Waals surface area contributed by atoms with Gasteiger partial charge in [0.1, 0.15) is 0 Å². The lowest BCUT2D eigenvalue weighted by Crippen LogP contribution is -2.62. The second-order valence-electron chi connectivity index (χ2n) is 8.41. The Hall–Kier alpha value is -1.31. The van der Waals surface area contributed by atoms with Crippen molar-refractivity contribution in [1.82, 2.24) is 0 Å². The first-order valence-electron chi connectivity index (χ1n) is 8.44. The Balaban J connectivity index is 1.65. The van der Waals surface area contributed by atoms with Crippen molar-refractivity contribution in [3.63, 3.8) is 0 Å². The molecule has 0 radical (unpaired) electrons. The van der Waals surface area contributed by atoms with Crippen LogP contribution in [0.25, 0.3) is 0 Å². The maximum absolute atomic E-state index is 12.3. The number of benzene rings is 1. The highest BCUT2D eigenvalue weighted by Gasteiger charge is 2.71. The van der Waals surface area contributed by atoms with Gasteiger partial charge in [0.25, 0.3) is 0 Å². The molecule has 5 aliphatic rings. The molecule has 6 rings (SSSR count). The molecular formula is C19H23NO. The molecular weight excluding hydrogens is 258 g/mol. The van der Waals surface area contributed by atoms with Crippen LogP contribution in [0.3, 0.4) is 0 Å². The first kappa shape index (κ1) is 12.3. The molecule has 2 N–H and O–H groups in total. The first-order valence-corrected chi connectivity index (χ1v) is 8.44. The van der Waals surface area contributed by atoms with E-state index >= 15 is 0 Å². The van der Waals surface area contributed by atoms with Gasteiger partial charge in [0, 0.05) is 0 Å². The molecule has 0 aromatic heterocycles. The van der Waals surface area contributed by atoms with Crippen molar-refractivity contribution in [3.05, 3.63) is 35.9 Å². The van der Waals surface area contributed by atoms with Gasteiger partial charge >= 0.3 is 0 Å². The van der Waals surface area contributed by atoms with Gasteiger partial charge in [-0.15, -0.1) is 0 Å². The van der Waals surface area contributed by atoms with E-state index in [-0.39, 0.29) is 16.7 Å². The van der Waals surface area contributed by atoms with E-state index in [4.69, 9.17) is 5.73 Å². The zero-order valence-corrected chi connectivity index (χ0v) is 12.5. The number of hydrogen-bond acceptors (Lipinski definition) is 1. The van der Waals surface area contributed by atoms with Gasteiger partial charge in [-0.3, -0.25) is 4.79 Å². The minimum Gasteiger partial charge on any atom is -0.369 e. The molecule has 1 aromatic carbocycles. The van der Waals surface area contributed by atoms with Crippen molar-refractivity contribution in [3.8, 4) is 0 Å². The minimum atomic E-state index is -0.199. The summed E-state index contributed by atoms with van der Waals surface area (Å²) < 4.78 is 0. The van der Waals surface area contributed by atoms with Crippen molar-refractivity contribution < 1.29 is 4.79 Å². The summed E-state index contributed by atoms with van der Waals surface area (Å²) in [5.74, 6) is 1.46. The quantitative estimate of drug-likeness (QED) is 0.887. The van der Waals surface area contributed by atoms with Crippen molar-refractivity contribution in [2.24, 2.45) is 28.4 Å². The van der Waals surface area contributed by atoms with Gasteiger partial charge in [0.05, 0.1) is 5.41 Å². The minimum absolute atomic E-state index is 0.0206. The molecule has 21 heavy (non-hydrogen) atoms. The van der Waals surface area contributed by atoms with Crippen LogP contribution in [0.5, 0.6) is 0 Å². The summed E-state index contributed by atoms with van der Waals surface area (Å²) in [6, 6.07) is 11.0. The third-order valence-electron chi connectivity index (χ3n) is 7.59. The smallest absolute Gasteiger partial charge is 0.223 e. The third-order valence-corrected chi connectivity index (χ3v) is 7.59. The predicted molar refractivity (Wildman–Crippen MR) is 81.5 cm³/mol. The van der Waals surface area contributed by atoms with E-state index in [0.717, 1.165) is 31.1 Å². The summed E-state index contributed by atoms with van der Waals surface area (Å²) in [4.78, 5) is 12.3. The van der Waals surface area contributed by atoms with Gasteiger partial charge < -0.3 is 5.73 Å². The average Bonchev–Trinajstić information content (AvgIpc) is 3.27. The lowest BCUT2D eigenvalue weighted by Gasteiger charge is -2.65. The van der Waals surface area contributed by atoms with E-state index in [1.54, 1.807) is 0 Å². The van der Waals surface area contributed by atoms with Crippen LogP contribution in [0, 0.1) is 22.7 Å². The van der Waals surface area contributed by atoms with E-state index in [1.165, 1.54) is 31.2 Å².